The number of hydrogen-bond acceptors (Lipinski definition) is 13. The van der Waals surface area contributed by atoms with E-state index in [1.165, 1.54) is 30.0 Å². The molecule has 1 aliphatic heterocycles. The summed E-state index contributed by atoms with van der Waals surface area (Å²) in [5.41, 5.74) is 0.410. The fraction of sp³-hybridized carbons (Fsp3) is 0.483. The summed E-state index contributed by atoms with van der Waals surface area (Å²) in [6.45, 7) is 0.964. The molecule has 264 valence electrons. The first-order valence-electron chi connectivity index (χ1n) is 14.4. The molecule has 2 amide bonds. The summed E-state index contributed by atoms with van der Waals surface area (Å²) >= 11 is 11.7. The molecule has 2 aromatic carbocycles. The number of rotatable bonds is 15. The number of nitro benzene ring substituents is 1. The van der Waals surface area contributed by atoms with Crippen LogP contribution in [0.5, 0.6) is 11.5 Å². The van der Waals surface area contributed by atoms with E-state index in [1.54, 1.807) is 24.3 Å². The molecule has 1 saturated heterocycles. The van der Waals surface area contributed by atoms with Gasteiger partial charge in [-0.1, -0.05) is 6.07 Å². The minimum absolute atomic E-state index is 0.0592. The van der Waals surface area contributed by atoms with Crippen molar-refractivity contribution in [1.29, 1.82) is 0 Å². The average Bonchev–Trinajstić information content (AvgIpc) is 3.06. The van der Waals surface area contributed by atoms with Gasteiger partial charge in [-0.15, -0.1) is 23.2 Å². The van der Waals surface area contributed by atoms with E-state index in [9.17, 15) is 44.9 Å². The van der Waals surface area contributed by atoms with E-state index in [2.05, 4.69) is 0 Å². The lowest BCUT2D eigenvalue weighted by molar-refractivity contribution is -0.387. The molecule has 0 unspecified atom stereocenters. The van der Waals surface area contributed by atoms with Crippen LogP contribution in [-0.4, -0.2) is 136 Å². The summed E-state index contributed by atoms with van der Waals surface area (Å²) in [5, 5.41) is 50.8. The number of carbonyl (C=O) groups excluding carboxylic acids is 2. The van der Waals surface area contributed by atoms with Crippen LogP contribution in [-0.2, 0) is 20.9 Å². The summed E-state index contributed by atoms with van der Waals surface area (Å²) in [6, 6.07) is 10.3. The number of amides is 2. The predicted molar refractivity (Wildman–Crippen MR) is 170 cm³/mol. The Morgan fingerprint density at radius 2 is 1.50 bits per heavy atom. The van der Waals surface area contributed by atoms with Gasteiger partial charge in [-0.2, -0.15) is 0 Å². The SMILES string of the molecule is CN(CCN(C)C(=O)Oc1ccc(N(CCCl)CCCl)cc1)C(=O)OCc1ccc(O[C@@H]2O[C@H](C(=O)O)[C@@H](O)[C@H](O)[C@H]2O)c([N+](=O)[O-])c1. The number of aliphatic hydroxyl groups is 3. The second-order valence-corrected chi connectivity index (χ2v) is 11.3. The molecule has 0 aromatic heterocycles. The highest BCUT2D eigenvalue weighted by Gasteiger charge is 2.48. The second-order valence-electron chi connectivity index (χ2n) is 10.5. The van der Waals surface area contributed by atoms with Gasteiger partial charge in [0.05, 0.1) is 4.92 Å². The van der Waals surface area contributed by atoms with Crippen molar-refractivity contribution in [1.82, 2.24) is 9.80 Å². The van der Waals surface area contributed by atoms with Gasteiger partial charge in [0, 0.05) is 63.8 Å². The van der Waals surface area contributed by atoms with Crippen LogP contribution >= 0.6 is 23.2 Å². The standard InChI is InChI=1S/C29H36Cl2N4O13/c1-32(13-14-33(2)29(42)46-19-6-4-18(5-7-19)34(11-9-30)12-10-31)28(41)45-16-17-3-8-21(20(15-17)35(43)44)47-27-24(38)22(36)23(37)25(48-27)26(39)40/h3-8,15,22-25,27,36-38H,9-14,16H2,1-2H3,(H,39,40)/t22-,23-,24+,25-,27+/m0/s1. The molecule has 0 saturated carbocycles. The van der Waals surface area contributed by atoms with Crippen LogP contribution in [0.25, 0.3) is 0 Å². The largest absolute Gasteiger partial charge is 0.479 e. The van der Waals surface area contributed by atoms with Crippen LogP contribution in [0.3, 0.4) is 0 Å². The number of aliphatic hydroxyl groups excluding tert-OH is 3. The Labute approximate surface area is 284 Å². The van der Waals surface area contributed by atoms with Gasteiger partial charge < -0.3 is 54.1 Å². The molecule has 48 heavy (non-hydrogen) atoms. The number of likely N-dealkylation sites (N-methyl/N-ethyl adjacent to an activating group) is 2. The van der Waals surface area contributed by atoms with E-state index < -0.39 is 65.2 Å². The zero-order chi connectivity index (χ0) is 35.5. The summed E-state index contributed by atoms with van der Waals surface area (Å²) < 4.78 is 20.9. The van der Waals surface area contributed by atoms with Crippen molar-refractivity contribution in [3.63, 3.8) is 0 Å². The number of anilines is 1. The molecule has 0 spiro atoms. The molecule has 3 rings (SSSR count). The van der Waals surface area contributed by atoms with Crippen LogP contribution in [0.2, 0.25) is 0 Å². The first-order chi connectivity index (χ1) is 22.8. The monoisotopic (exact) mass is 718 g/mol. The van der Waals surface area contributed by atoms with Crippen molar-refractivity contribution in [2.45, 2.75) is 37.3 Å². The minimum Gasteiger partial charge on any atom is -0.479 e. The maximum atomic E-state index is 12.6. The zero-order valence-corrected chi connectivity index (χ0v) is 27.4. The highest BCUT2D eigenvalue weighted by Crippen LogP contribution is 2.32. The normalized spacial score (nSPS) is 20.4. The molecule has 0 aliphatic carbocycles. The number of benzene rings is 2. The number of ether oxygens (including phenoxy) is 4. The van der Waals surface area contributed by atoms with E-state index in [0.29, 0.717) is 30.6 Å². The minimum atomic E-state index is -1.97. The maximum absolute atomic E-state index is 12.6. The van der Waals surface area contributed by atoms with Crippen molar-refractivity contribution in [3.05, 3.63) is 58.1 Å². The van der Waals surface area contributed by atoms with Gasteiger partial charge >= 0.3 is 23.8 Å². The summed E-state index contributed by atoms with van der Waals surface area (Å²) in [4.78, 5) is 51.8. The third-order valence-corrected chi connectivity index (χ3v) is 7.49. The Hall–Kier alpha value is -4.13. The van der Waals surface area contributed by atoms with Crippen LogP contribution in [0.15, 0.2) is 42.5 Å². The topological polar surface area (TPSA) is 222 Å². The highest BCUT2D eigenvalue weighted by molar-refractivity contribution is 6.18. The summed E-state index contributed by atoms with van der Waals surface area (Å²) in [7, 11) is 2.92. The molecule has 5 atom stereocenters. The van der Waals surface area contributed by atoms with Crippen molar-refractivity contribution >= 4 is 52.7 Å². The van der Waals surface area contributed by atoms with Gasteiger partial charge in [-0.05, 0) is 35.9 Å². The molecule has 17 nitrogen and oxygen atoms in total. The maximum Gasteiger partial charge on any atom is 0.415 e. The molecule has 1 fully saturated rings. The molecule has 4 N–H and O–H groups in total. The van der Waals surface area contributed by atoms with E-state index in [1.807, 2.05) is 4.90 Å². The quantitative estimate of drug-likeness (QED) is 0.117. The van der Waals surface area contributed by atoms with E-state index in [0.717, 1.165) is 17.8 Å². The Morgan fingerprint density at radius 1 is 0.896 bits per heavy atom. The number of carboxylic acid groups (broad SMARTS) is 1. The van der Waals surface area contributed by atoms with E-state index in [4.69, 9.17) is 42.1 Å². The molecular formula is C29H36Cl2N4O13. The number of nitro groups is 1. The van der Waals surface area contributed by atoms with Crippen LogP contribution in [0.4, 0.5) is 21.0 Å². The lowest BCUT2D eigenvalue weighted by atomic mass is 9.99. The third kappa shape index (κ3) is 10.2. The first-order valence-corrected chi connectivity index (χ1v) is 15.5. The van der Waals surface area contributed by atoms with Crippen LogP contribution in [0, 0.1) is 10.1 Å². The van der Waals surface area contributed by atoms with Gasteiger partial charge in [0.15, 0.2) is 11.9 Å². The van der Waals surface area contributed by atoms with Crippen LogP contribution < -0.4 is 14.4 Å². The highest BCUT2D eigenvalue weighted by atomic mass is 35.5. The van der Waals surface area contributed by atoms with Crippen molar-refractivity contribution < 1.29 is 58.7 Å². The number of carbonyl (C=O) groups is 3. The molecular weight excluding hydrogens is 683 g/mol. The Kier molecular flexibility index (Phi) is 14.3. The van der Waals surface area contributed by atoms with Crippen LogP contribution in [0.1, 0.15) is 5.56 Å². The molecule has 0 radical (unpaired) electrons. The molecule has 1 heterocycles. The third-order valence-electron chi connectivity index (χ3n) is 7.15. The smallest absolute Gasteiger partial charge is 0.415 e. The first kappa shape index (κ1) is 38.3. The Balaban J connectivity index is 1.51. The Morgan fingerprint density at radius 3 is 2.06 bits per heavy atom. The molecule has 19 heteroatoms. The van der Waals surface area contributed by atoms with Crippen molar-refractivity contribution in [3.8, 4) is 11.5 Å². The van der Waals surface area contributed by atoms with Gasteiger partial charge in [-0.25, -0.2) is 14.4 Å². The number of carboxylic acids is 1. The molecule has 2 aromatic rings. The van der Waals surface area contributed by atoms with E-state index >= 15 is 0 Å². The Bertz CT molecular complexity index is 1410. The fourth-order valence-electron chi connectivity index (χ4n) is 4.39. The zero-order valence-electron chi connectivity index (χ0n) is 25.9. The summed E-state index contributed by atoms with van der Waals surface area (Å²) in [5.74, 6) is -0.938. The van der Waals surface area contributed by atoms with Gasteiger partial charge in [0.2, 0.25) is 6.29 Å². The second kappa shape index (κ2) is 17.9. The number of nitrogens with zero attached hydrogens (tertiary/aromatic N) is 4. The molecule has 0 bridgehead atoms. The number of halogens is 2. The van der Waals surface area contributed by atoms with Crippen molar-refractivity contribution in [2.75, 3.05) is 56.9 Å². The fourth-order valence-corrected chi connectivity index (χ4v) is 4.79. The average molecular weight is 720 g/mol. The summed E-state index contributed by atoms with van der Waals surface area (Å²) in [6.07, 6.45) is -11.2. The molecule has 1 aliphatic rings. The lowest BCUT2D eigenvalue weighted by Gasteiger charge is -2.38. The van der Waals surface area contributed by atoms with Crippen molar-refractivity contribution in [2.24, 2.45) is 0 Å². The van der Waals surface area contributed by atoms with Gasteiger partial charge in [0.25, 0.3) is 0 Å². The van der Waals surface area contributed by atoms with Gasteiger partial charge in [0.1, 0.15) is 30.7 Å². The number of hydrogen-bond donors (Lipinski definition) is 4. The predicted octanol–water partition coefficient (Wildman–Crippen LogP) is 1.85. The van der Waals surface area contributed by atoms with E-state index in [-0.39, 0.29) is 25.3 Å². The number of alkyl halides is 2. The van der Waals surface area contributed by atoms with Gasteiger partial charge in [-0.3, -0.25) is 10.1 Å². The lowest BCUT2D eigenvalue weighted by Crippen LogP contribution is -2.61. The number of aliphatic carboxylic acids is 1.